The molecule has 0 amide bonds. The van der Waals surface area contributed by atoms with Crippen LogP contribution in [0.2, 0.25) is 5.02 Å². The van der Waals surface area contributed by atoms with E-state index in [-0.39, 0.29) is 17.5 Å². The Labute approximate surface area is 128 Å². The van der Waals surface area contributed by atoms with Crippen molar-refractivity contribution in [2.24, 2.45) is 5.92 Å². The lowest BCUT2D eigenvalue weighted by molar-refractivity contribution is 0.0915. The molecule has 0 spiro atoms. The van der Waals surface area contributed by atoms with Gasteiger partial charge in [-0.1, -0.05) is 35.9 Å². The highest BCUT2D eigenvalue weighted by Crippen LogP contribution is 2.29. The van der Waals surface area contributed by atoms with Crippen molar-refractivity contribution in [3.8, 4) is 0 Å². The first-order valence-corrected chi connectivity index (χ1v) is 7.59. The molecular weight excluding hydrogens is 287 g/mol. The molecule has 0 fully saturated rings. The van der Waals surface area contributed by atoms with Crippen molar-refractivity contribution in [2.75, 3.05) is 0 Å². The molecule has 21 heavy (non-hydrogen) atoms. The summed E-state index contributed by atoms with van der Waals surface area (Å²) < 4.78 is 13.4. The molecule has 3 rings (SSSR count). The number of halogens is 2. The fourth-order valence-corrected chi connectivity index (χ4v) is 3.22. The van der Waals surface area contributed by atoms with E-state index in [1.807, 2.05) is 24.3 Å². The predicted octanol–water partition coefficient (Wildman–Crippen LogP) is 4.86. The summed E-state index contributed by atoms with van der Waals surface area (Å²) in [4.78, 5) is 12.7. The monoisotopic (exact) mass is 302 g/mol. The third kappa shape index (κ3) is 3.01. The first-order valence-electron chi connectivity index (χ1n) is 7.21. The van der Waals surface area contributed by atoms with E-state index in [1.165, 1.54) is 12.1 Å². The number of rotatable bonds is 2. The topological polar surface area (TPSA) is 17.1 Å². The van der Waals surface area contributed by atoms with E-state index in [0.29, 0.717) is 11.4 Å². The summed E-state index contributed by atoms with van der Waals surface area (Å²) in [7, 11) is 0. The summed E-state index contributed by atoms with van der Waals surface area (Å²) in [5.74, 6) is -0.271. The molecule has 1 unspecified atom stereocenters. The van der Waals surface area contributed by atoms with Gasteiger partial charge in [0.05, 0.1) is 0 Å². The zero-order valence-corrected chi connectivity index (χ0v) is 12.4. The summed E-state index contributed by atoms with van der Waals surface area (Å²) in [6.45, 7) is 0. The van der Waals surface area contributed by atoms with E-state index in [2.05, 4.69) is 0 Å². The van der Waals surface area contributed by atoms with Gasteiger partial charge in [0.2, 0.25) is 0 Å². The maximum Gasteiger partial charge on any atom is 0.166 e. The molecule has 3 heteroatoms. The van der Waals surface area contributed by atoms with Crippen molar-refractivity contribution in [1.82, 2.24) is 0 Å². The highest BCUT2D eigenvalue weighted by Gasteiger charge is 2.26. The van der Waals surface area contributed by atoms with Crippen LogP contribution in [0.25, 0.3) is 0 Å². The summed E-state index contributed by atoms with van der Waals surface area (Å²) in [5, 5.41) is 0.529. The Morgan fingerprint density at radius 3 is 2.86 bits per heavy atom. The highest BCUT2D eigenvalue weighted by atomic mass is 35.5. The molecule has 0 aliphatic heterocycles. The second-order valence-corrected chi connectivity index (χ2v) is 5.96. The molecule has 0 saturated carbocycles. The SMILES string of the molecule is O=C1c2ccccc2CCCC1Cc1cc(F)ccc1Cl. The Kier molecular flexibility index (Phi) is 4.07. The first kappa shape index (κ1) is 14.3. The third-order valence-electron chi connectivity index (χ3n) is 4.13. The number of carbonyl (C=O) groups is 1. The molecule has 1 atom stereocenters. The van der Waals surface area contributed by atoms with Crippen LogP contribution in [0, 0.1) is 11.7 Å². The quantitative estimate of drug-likeness (QED) is 0.724. The number of hydrogen-bond acceptors (Lipinski definition) is 1. The molecule has 0 N–H and O–H groups in total. The van der Waals surface area contributed by atoms with E-state index in [1.54, 1.807) is 6.07 Å². The van der Waals surface area contributed by atoms with Crippen LogP contribution in [0.1, 0.15) is 34.3 Å². The molecule has 2 aromatic rings. The lowest BCUT2D eigenvalue weighted by Crippen LogP contribution is -2.17. The van der Waals surface area contributed by atoms with Gasteiger partial charge in [-0.25, -0.2) is 4.39 Å². The van der Waals surface area contributed by atoms with Crippen LogP contribution < -0.4 is 0 Å². The maximum absolute atomic E-state index is 13.4. The van der Waals surface area contributed by atoms with Crippen molar-refractivity contribution in [3.05, 3.63) is 70.0 Å². The summed E-state index contributed by atoms with van der Waals surface area (Å²) in [6, 6.07) is 12.1. The molecule has 0 bridgehead atoms. The number of carbonyl (C=O) groups excluding carboxylic acids is 1. The number of hydrogen-bond donors (Lipinski definition) is 0. The van der Waals surface area contributed by atoms with E-state index >= 15 is 0 Å². The van der Waals surface area contributed by atoms with Gasteiger partial charge in [-0.05, 0) is 55.0 Å². The molecule has 0 saturated heterocycles. The van der Waals surface area contributed by atoms with E-state index in [0.717, 1.165) is 36.0 Å². The van der Waals surface area contributed by atoms with Crippen LogP contribution in [0.4, 0.5) is 4.39 Å². The normalized spacial score (nSPS) is 18.2. The number of benzene rings is 2. The van der Waals surface area contributed by atoms with Gasteiger partial charge in [-0.15, -0.1) is 0 Å². The molecule has 1 nitrogen and oxygen atoms in total. The molecule has 1 aliphatic carbocycles. The molecule has 2 aromatic carbocycles. The van der Waals surface area contributed by atoms with Crippen LogP contribution in [-0.4, -0.2) is 5.78 Å². The summed E-state index contributed by atoms with van der Waals surface area (Å²) >= 11 is 6.13. The zero-order chi connectivity index (χ0) is 14.8. The average molecular weight is 303 g/mol. The fraction of sp³-hybridized carbons (Fsp3) is 0.278. The smallest absolute Gasteiger partial charge is 0.166 e. The van der Waals surface area contributed by atoms with Crippen LogP contribution >= 0.6 is 11.6 Å². The Morgan fingerprint density at radius 1 is 1.19 bits per heavy atom. The minimum absolute atomic E-state index is 0.118. The van der Waals surface area contributed by atoms with Crippen molar-refractivity contribution in [1.29, 1.82) is 0 Å². The average Bonchev–Trinajstić information content (AvgIpc) is 2.64. The number of Topliss-reactive ketones (excluding diaryl/α,β-unsaturated/α-hetero) is 1. The lowest BCUT2D eigenvalue weighted by Gasteiger charge is -2.15. The van der Waals surface area contributed by atoms with Crippen molar-refractivity contribution >= 4 is 17.4 Å². The summed E-state index contributed by atoms with van der Waals surface area (Å²) in [5.41, 5.74) is 2.65. The van der Waals surface area contributed by atoms with Crippen molar-refractivity contribution < 1.29 is 9.18 Å². The second kappa shape index (κ2) is 5.98. The Hall–Kier alpha value is -1.67. The molecule has 0 heterocycles. The summed E-state index contributed by atoms with van der Waals surface area (Å²) in [6.07, 6.45) is 3.22. The van der Waals surface area contributed by atoms with Gasteiger partial charge in [-0.2, -0.15) is 0 Å². The minimum Gasteiger partial charge on any atom is -0.294 e. The molecule has 1 aliphatic rings. The number of fused-ring (bicyclic) bond motifs is 1. The van der Waals surface area contributed by atoms with Crippen LogP contribution in [-0.2, 0) is 12.8 Å². The Balaban J connectivity index is 1.89. The third-order valence-corrected chi connectivity index (χ3v) is 4.50. The van der Waals surface area contributed by atoms with Crippen molar-refractivity contribution in [3.63, 3.8) is 0 Å². The molecule has 108 valence electrons. The Bertz CT molecular complexity index is 681. The van der Waals surface area contributed by atoms with Gasteiger partial charge in [0.25, 0.3) is 0 Å². The van der Waals surface area contributed by atoms with Crippen LogP contribution in [0.3, 0.4) is 0 Å². The minimum atomic E-state index is -0.309. The van der Waals surface area contributed by atoms with Crippen LogP contribution in [0.15, 0.2) is 42.5 Å². The van der Waals surface area contributed by atoms with Gasteiger partial charge in [-0.3, -0.25) is 4.79 Å². The standard InChI is InChI=1S/C18H16ClFO/c19-17-9-8-15(20)11-14(17)10-13-6-3-5-12-4-1-2-7-16(12)18(13)21/h1-2,4,7-9,11,13H,3,5-6,10H2. The van der Waals surface area contributed by atoms with Crippen LogP contribution in [0.5, 0.6) is 0 Å². The van der Waals surface area contributed by atoms with E-state index in [9.17, 15) is 9.18 Å². The number of aryl methyl sites for hydroxylation is 1. The first-order chi connectivity index (χ1) is 10.1. The van der Waals surface area contributed by atoms with Crippen molar-refractivity contribution in [2.45, 2.75) is 25.7 Å². The molecule has 0 aromatic heterocycles. The van der Waals surface area contributed by atoms with E-state index < -0.39 is 0 Å². The fourth-order valence-electron chi connectivity index (χ4n) is 3.03. The maximum atomic E-state index is 13.4. The lowest BCUT2D eigenvalue weighted by atomic mass is 9.89. The van der Waals surface area contributed by atoms with Gasteiger partial charge < -0.3 is 0 Å². The molecular formula is C18H16ClFO. The van der Waals surface area contributed by atoms with Gasteiger partial charge >= 0.3 is 0 Å². The number of ketones is 1. The molecule has 0 radical (unpaired) electrons. The van der Waals surface area contributed by atoms with Gasteiger partial charge in [0, 0.05) is 16.5 Å². The van der Waals surface area contributed by atoms with Gasteiger partial charge in [0.15, 0.2) is 5.78 Å². The zero-order valence-electron chi connectivity index (χ0n) is 11.6. The largest absolute Gasteiger partial charge is 0.294 e. The Morgan fingerprint density at radius 2 is 2.00 bits per heavy atom. The predicted molar refractivity (Wildman–Crippen MR) is 82.3 cm³/mol. The van der Waals surface area contributed by atoms with Gasteiger partial charge in [0.1, 0.15) is 5.82 Å². The highest BCUT2D eigenvalue weighted by molar-refractivity contribution is 6.31. The van der Waals surface area contributed by atoms with E-state index in [4.69, 9.17) is 11.6 Å². The second-order valence-electron chi connectivity index (χ2n) is 5.55.